The molecule has 0 fully saturated rings. The molecule has 0 saturated heterocycles. The molecule has 0 aliphatic rings. The van der Waals surface area contributed by atoms with Gasteiger partial charge in [0.05, 0.1) is 17.4 Å². The van der Waals surface area contributed by atoms with Crippen LogP contribution in [-0.4, -0.2) is 29.7 Å². The molecule has 0 unspecified atom stereocenters. The van der Waals surface area contributed by atoms with Gasteiger partial charge in [-0.3, -0.25) is 9.82 Å². The lowest BCUT2D eigenvalue weighted by molar-refractivity contribution is 0.0698. The van der Waals surface area contributed by atoms with Gasteiger partial charge in [0.2, 0.25) is 0 Å². The van der Waals surface area contributed by atoms with Crippen molar-refractivity contribution in [2.75, 3.05) is 4.72 Å². The van der Waals surface area contributed by atoms with E-state index in [-0.39, 0.29) is 16.1 Å². The number of hydrogen-bond acceptors (Lipinski definition) is 4. The number of aromatic amines is 1. The van der Waals surface area contributed by atoms with Gasteiger partial charge in [-0.25, -0.2) is 13.2 Å². The van der Waals surface area contributed by atoms with Crippen molar-refractivity contribution >= 4 is 21.7 Å². The van der Waals surface area contributed by atoms with Crippen LogP contribution < -0.4 is 4.72 Å². The monoisotopic (exact) mass is 343 g/mol. The Bertz CT molecular complexity index is 968. The summed E-state index contributed by atoms with van der Waals surface area (Å²) in [6.45, 7) is 0. The Morgan fingerprint density at radius 1 is 1.08 bits per heavy atom. The Morgan fingerprint density at radius 2 is 1.83 bits per heavy atom. The van der Waals surface area contributed by atoms with Crippen molar-refractivity contribution in [1.82, 2.24) is 10.2 Å². The molecule has 0 aliphatic carbocycles. The fraction of sp³-hybridized carbons (Fsp3) is 0. The van der Waals surface area contributed by atoms with Gasteiger partial charge in [0, 0.05) is 6.20 Å². The van der Waals surface area contributed by atoms with Gasteiger partial charge < -0.3 is 5.11 Å². The summed E-state index contributed by atoms with van der Waals surface area (Å²) in [4.78, 5) is 11.3. The van der Waals surface area contributed by atoms with E-state index < -0.39 is 16.0 Å². The first kappa shape index (κ1) is 15.8. The molecule has 8 heteroatoms. The van der Waals surface area contributed by atoms with Gasteiger partial charge in [-0.2, -0.15) is 5.10 Å². The highest BCUT2D eigenvalue weighted by Gasteiger charge is 2.20. The number of carbonyl (C=O) groups is 1. The average Bonchev–Trinajstić information content (AvgIpc) is 3.10. The van der Waals surface area contributed by atoms with Crippen LogP contribution in [0.3, 0.4) is 0 Å². The number of anilines is 1. The summed E-state index contributed by atoms with van der Waals surface area (Å²) in [5, 5.41) is 15.3. The number of aromatic carboxylic acids is 1. The summed E-state index contributed by atoms with van der Waals surface area (Å²) in [6, 6.07) is 13.8. The maximum absolute atomic E-state index is 12.3. The Kier molecular flexibility index (Phi) is 4.05. The second-order valence-corrected chi connectivity index (χ2v) is 6.65. The first-order valence-corrected chi connectivity index (χ1v) is 8.40. The lowest BCUT2D eigenvalue weighted by Gasteiger charge is -2.11. The molecule has 0 bridgehead atoms. The normalized spacial score (nSPS) is 11.2. The molecule has 0 aliphatic heterocycles. The second kappa shape index (κ2) is 6.17. The number of H-pyrrole nitrogens is 1. The molecule has 3 N–H and O–H groups in total. The summed E-state index contributed by atoms with van der Waals surface area (Å²) in [5.41, 5.74) is 1.40. The molecular formula is C16H13N3O4S. The molecule has 0 spiro atoms. The summed E-state index contributed by atoms with van der Waals surface area (Å²) >= 11 is 0. The van der Waals surface area contributed by atoms with E-state index >= 15 is 0 Å². The molecular weight excluding hydrogens is 330 g/mol. The minimum Gasteiger partial charge on any atom is -0.478 e. The molecule has 7 nitrogen and oxygen atoms in total. The molecule has 0 atom stereocenters. The summed E-state index contributed by atoms with van der Waals surface area (Å²) in [6.07, 6.45) is 2.35. The lowest BCUT2D eigenvalue weighted by atomic mass is 10.0. The van der Waals surface area contributed by atoms with Gasteiger partial charge in [0.25, 0.3) is 10.0 Å². The third kappa shape index (κ3) is 3.13. The van der Waals surface area contributed by atoms with Crippen molar-refractivity contribution in [3.05, 3.63) is 66.5 Å². The Morgan fingerprint density at radius 3 is 2.46 bits per heavy atom. The zero-order valence-electron chi connectivity index (χ0n) is 12.3. The van der Waals surface area contributed by atoms with E-state index in [2.05, 4.69) is 14.9 Å². The van der Waals surface area contributed by atoms with E-state index in [0.717, 1.165) is 11.8 Å². The number of aromatic nitrogens is 2. The highest BCUT2D eigenvalue weighted by Crippen LogP contribution is 2.27. The standard InChI is InChI=1S/C16H13N3O4S/c20-16(21)14-7-6-12(11-4-2-1-3-5-11)8-15(14)19-24(22,23)13-9-17-18-10-13/h1-10,19H,(H,17,18)(H,20,21). The van der Waals surface area contributed by atoms with Crippen molar-refractivity contribution in [2.24, 2.45) is 0 Å². The molecule has 2 aromatic carbocycles. The predicted octanol–water partition coefficient (Wildman–Crippen LogP) is 2.58. The van der Waals surface area contributed by atoms with Crippen LogP contribution in [0.2, 0.25) is 0 Å². The largest absolute Gasteiger partial charge is 0.478 e. The number of carboxylic acid groups (broad SMARTS) is 1. The molecule has 1 heterocycles. The van der Waals surface area contributed by atoms with Crippen molar-refractivity contribution in [2.45, 2.75) is 4.90 Å². The Hall–Kier alpha value is -3.13. The number of hydrogen-bond donors (Lipinski definition) is 3. The van der Waals surface area contributed by atoms with Gasteiger partial charge in [-0.1, -0.05) is 36.4 Å². The zero-order valence-corrected chi connectivity index (χ0v) is 13.1. The topological polar surface area (TPSA) is 112 Å². The predicted molar refractivity (Wildman–Crippen MR) is 88.2 cm³/mol. The molecule has 3 rings (SSSR count). The Labute approximate surface area is 138 Å². The first-order valence-electron chi connectivity index (χ1n) is 6.92. The van der Waals surface area contributed by atoms with Crippen molar-refractivity contribution < 1.29 is 18.3 Å². The lowest BCUT2D eigenvalue weighted by Crippen LogP contribution is -2.15. The minimum absolute atomic E-state index is 0.00921. The van der Waals surface area contributed by atoms with Gasteiger partial charge in [0.1, 0.15) is 4.90 Å². The maximum atomic E-state index is 12.3. The molecule has 3 aromatic rings. The van der Waals surface area contributed by atoms with E-state index in [1.54, 1.807) is 6.07 Å². The molecule has 0 radical (unpaired) electrons. The van der Waals surface area contributed by atoms with Crippen LogP contribution in [0.4, 0.5) is 5.69 Å². The van der Waals surface area contributed by atoms with E-state index in [4.69, 9.17) is 0 Å². The van der Waals surface area contributed by atoms with Crippen molar-refractivity contribution in [3.8, 4) is 11.1 Å². The molecule has 0 amide bonds. The fourth-order valence-corrected chi connectivity index (χ4v) is 3.19. The van der Waals surface area contributed by atoms with Crippen LogP contribution in [-0.2, 0) is 10.0 Å². The van der Waals surface area contributed by atoms with E-state index in [1.165, 1.54) is 18.3 Å². The van der Waals surface area contributed by atoms with Gasteiger partial charge in [-0.15, -0.1) is 0 Å². The van der Waals surface area contributed by atoms with Crippen LogP contribution in [0.5, 0.6) is 0 Å². The van der Waals surface area contributed by atoms with Crippen molar-refractivity contribution in [1.29, 1.82) is 0 Å². The highest BCUT2D eigenvalue weighted by molar-refractivity contribution is 7.92. The van der Waals surface area contributed by atoms with Crippen LogP contribution in [0.1, 0.15) is 10.4 Å². The van der Waals surface area contributed by atoms with E-state index in [0.29, 0.717) is 5.56 Å². The van der Waals surface area contributed by atoms with Gasteiger partial charge in [0.15, 0.2) is 0 Å². The third-order valence-corrected chi connectivity index (χ3v) is 4.72. The number of benzene rings is 2. The van der Waals surface area contributed by atoms with Crippen LogP contribution >= 0.6 is 0 Å². The maximum Gasteiger partial charge on any atom is 0.337 e. The number of carboxylic acids is 1. The van der Waals surface area contributed by atoms with E-state index in [9.17, 15) is 18.3 Å². The molecule has 0 saturated carbocycles. The van der Waals surface area contributed by atoms with Gasteiger partial charge >= 0.3 is 5.97 Å². The van der Waals surface area contributed by atoms with Crippen LogP contribution in [0.15, 0.2) is 65.8 Å². The smallest absolute Gasteiger partial charge is 0.337 e. The quantitative estimate of drug-likeness (QED) is 0.659. The SMILES string of the molecule is O=C(O)c1ccc(-c2ccccc2)cc1NS(=O)(=O)c1cn[nH]c1. The summed E-state index contributed by atoms with van der Waals surface area (Å²) in [7, 11) is -3.93. The Balaban J connectivity index is 2.06. The zero-order chi connectivity index (χ0) is 17.2. The highest BCUT2D eigenvalue weighted by atomic mass is 32.2. The molecule has 1 aromatic heterocycles. The summed E-state index contributed by atoms with van der Waals surface area (Å²) < 4.78 is 27.0. The number of sulfonamides is 1. The second-order valence-electron chi connectivity index (χ2n) is 4.97. The van der Waals surface area contributed by atoms with Gasteiger partial charge in [-0.05, 0) is 23.3 Å². The fourth-order valence-electron chi connectivity index (χ4n) is 2.22. The van der Waals surface area contributed by atoms with Crippen LogP contribution in [0, 0.1) is 0 Å². The minimum atomic E-state index is -3.93. The van der Waals surface area contributed by atoms with E-state index in [1.807, 2.05) is 30.3 Å². The average molecular weight is 343 g/mol. The number of nitrogens with zero attached hydrogens (tertiary/aromatic N) is 1. The van der Waals surface area contributed by atoms with Crippen molar-refractivity contribution in [3.63, 3.8) is 0 Å². The first-order chi connectivity index (χ1) is 11.5. The third-order valence-electron chi connectivity index (χ3n) is 3.38. The summed E-state index contributed by atoms with van der Waals surface area (Å²) in [5.74, 6) is -1.22. The number of nitrogens with one attached hydrogen (secondary N) is 2. The van der Waals surface area contributed by atoms with Crippen LogP contribution in [0.25, 0.3) is 11.1 Å². The number of rotatable bonds is 5. The molecule has 122 valence electrons. The molecule has 24 heavy (non-hydrogen) atoms.